The Hall–Kier alpha value is -3.08. The van der Waals surface area contributed by atoms with Crippen LogP contribution in [0.25, 0.3) is 0 Å². The third-order valence-corrected chi connectivity index (χ3v) is 4.36. The third kappa shape index (κ3) is 5.20. The average molecular weight is 362 g/mol. The summed E-state index contributed by atoms with van der Waals surface area (Å²) in [7, 11) is 1.68. The molecule has 3 rings (SSSR count). The molecule has 0 unspecified atom stereocenters. The molecule has 0 radical (unpaired) electrons. The van der Waals surface area contributed by atoms with Crippen molar-refractivity contribution in [3.8, 4) is 5.75 Å². The van der Waals surface area contributed by atoms with Gasteiger partial charge in [0.05, 0.1) is 7.11 Å². The number of aryl methyl sites for hydroxylation is 3. The molecule has 0 bridgehead atoms. The summed E-state index contributed by atoms with van der Waals surface area (Å²) >= 11 is 0. The van der Waals surface area contributed by atoms with Gasteiger partial charge in [0.15, 0.2) is 0 Å². The number of ether oxygens (including phenoxy) is 1. The summed E-state index contributed by atoms with van der Waals surface area (Å²) in [6.07, 6.45) is 0.910. The fourth-order valence-electron chi connectivity index (χ4n) is 2.92. The smallest absolute Gasteiger partial charge is 0.229 e. The number of anilines is 3. The number of rotatable bonds is 7. The highest BCUT2D eigenvalue weighted by atomic mass is 16.5. The fourth-order valence-corrected chi connectivity index (χ4v) is 2.92. The Labute approximate surface area is 160 Å². The van der Waals surface area contributed by atoms with E-state index in [1.807, 2.05) is 25.1 Å². The zero-order valence-corrected chi connectivity index (χ0v) is 16.3. The highest BCUT2D eigenvalue weighted by Gasteiger charge is 2.05. The van der Waals surface area contributed by atoms with E-state index in [0.29, 0.717) is 5.95 Å². The molecule has 5 nitrogen and oxygen atoms in total. The Kier molecular flexibility index (Phi) is 5.91. The molecule has 1 aromatic heterocycles. The molecule has 0 fully saturated rings. The van der Waals surface area contributed by atoms with Gasteiger partial charge in [0.1, 0.15) is 11.6 Å². The van der Waals surface area contributed by atoms with Crippen LogP contribution in [0, 0.1) is 20.8 Å². The Morgan fingerprint density at radius 3 is 2.41 bits per heavy atom. The molecule has 0 saturated carbocycles. The quantitative estimate of drug-likeness (QED) is 0.632. The standard InChI is InChI=1S/C22H26N4O/c1-15-5-10-20(16(2)13-15)25-22-24-17(3)14-21(26-22)23-12-11-18-6-8-19(27-4)9-7-18/h5-10,13-14H,11-12H2,1-4H3,(H2,23,24,25,26). The van der Waals surface area contributed by atoms with Gasteiger partial charge in [-0.25, -0.2) is 4.98 Å². The molecule has 2 aromatic carbocycles. The van der Waals surface area contributed by atoms with Crippen molar-refractivity contribution >= 4 is 17.5 Å². The fraction of sp³-hybridized carbons (Fsp3) is 0.273. The molecule has 0 amide bonds. The van der Waals surface area contributed by atoms with Gasteiger partial charge >= 0.3 is 0 Å². The second-order valence-electron chi connectivity index (χ2n) is 6.69. The highest BCUT2D eigenvalue weighted by Crippen LogP contribution is 2.20. The van der Waals surface area contributed by atoms with Crippen molar-refractivity contribution in [1.82, 2.24) is 9.97 Å². The van der Waals surface area contributed by atoms with Crippen molar-refractivity contribution in [2.75, 3.05) is 24.3 Å². The molecule has 0 spiro atoms. The van der Waals surface area contributed by atoms with E-state index in [4.69, 9.17) is 4.74 Å². The zero-order valence-electron chi connectivity index (χ0n) is 16.3. The van der Waals surface area contributed by atoms with Gasteiger partial charge in [-0.2, -0.15) is 4.98 Å². The van der Waals surface area contributed by atoms with Gasteiger partial charge in [0.25, 0.3) is 0 Å². The Morgan fingerprint density at radius 2 is 1.70 bits per heavy atom. The Morgan fingerprint density at radius 1 is 0.926 bits per heavy atom. The van der Waals surface area contributed by atoms with Crippen molar-refractivity contribution in [3.63, 3.8) is 0 Å². The predicted molar refractivity (Wildman–Crippen MR) is 111 cm³/mol. The van der Waals surface area contributed by atoms with Crippen molar-refractivity contribution in [2.24, 2.45) is 0 Å². The van der Waals surface area contributed by atoms with Gasteiger partial charge in [-0.3, -0.25) is 0 Å². The number of hydrogen-bond acceptors (Lipinski definition) is 5. The first-order valence-electron chi connectivity index (χ1n) is 9.10. The topological polar surface area (TPSA) is 59.1 Å². The molecule has 0 aliphatic rings. The first kappa shape index (κ1) is 18.7. The van der Waals surface area contributed by atoms with E-state index in [1.54, 1.807) is 7.11 Å². The molecule has 0 aliphatic carbocycles. The summed E-state index contributed by atoms with van der Waals surface area (Å²) in [5.41, 5.74) is 5.61. The lowest BCUT2D eigenvalue weighted by Crippen LogP contribution is -2.09. The molecule has 3 aromatic rings. The lowest BCUT2D eigenvalue weighted by Gasteiger charge is -2.12. The van der Waals surface area contributed by atoms with Gasteiger partial charge in [0, 0.05) is 24.0 Å². The molecular formula is C22H26N4O. The van der Waals surface area contributed by atoms with Gasteiger partial charge in [-0.1, -0.05) is 29.8 Å². The molecule has 2 N–H and O–H groups in total. The SMILES string of the molecule is COc1ccc(CCNc2cc(C)nc(Nc3ccc(C)cc3C)n2)cc1. The number of benzene rings is 2. The minimum Gasteiger partial charge on any atom is -0.497 e. The lowest BCUT2D eigenvalue weighted by atomic mass is 10.1. The van der Waals surface area contributed by atoms with Crippen LogP contribution in [-0.4, -0.2) is 23.6 Å². The Bertz CT molecular complexity index is 907. The van der Waals surface area contributed by atoms with E-state index in [0.717, 1.165) is 35.9 Å². The number of methoxy groups -OCH3 is 1. The predicted octanol–water partition coefficient (Wildman–Crippen LogP) is 4.81. The lowest BCUT2D eigenvalue weighted by molar-refractivity contribution is 0.414. The molecule has 0 saturated heterocycles. The number of aromatic nitrogens is 2. The highest BCUT2D eigenvalue weighted by molar-refractivity contribution is 5.60. The van der Waals surface area contributed by atoms with E-state index in [2.05, 4.69) is 64.8 Å². The minimum absolute atomic E-state index is 0.605. The van der Waals surface area contributed by atoms with Crippen molar-refractivity contribution in [3.05, 3.63) is 70.9 Å². The van der Waals surface area contributed by atoms with Crippen LogP contribution in [0.3, 0.4) is 0 Å². The molecule has 1 heterocycles. The maximum atomic E-state index is 5.19. The van der Waals surface area contributed by atoms with Crippen LogP contribution in [0.15, 0.2) is 48.5 Å². The van der Waals surface area contributed by atoms with Crippen LogP contribution in [-0.2, 0) is 6.42 Å². The van der Waals surface area contributed by atoms with Crippen LogP contribution in [0.5, 0.6) is 5.75 Å². The van der Waals surface area contributed by atoms with Gasteiger partial charge in [0.2, 0.25) is 5.95 Å². The maximum absolute atomic E-state index is 5.19. The van der Waals surface area contributed by atoms with Crippen LogP contribution in [0.1, 0.15) is 22.4 Å². The van der Waals surface area contributed by atoms with E-state index in [9.17, 15) is 0 Å². The largest absolute Gasteiger partial charge is 0.497 e. The van der Waals surface area contributed by atoms with Crippen LogP contribution in [0.4, 0.5) is 17.5 Å². The molecule has 27 heavy (non-hydrogen) atoms. The molecule has 0 aliphatic heterocycles. The van der Waals surface area contributed by atoms with Crippen molar-refractivity contribution in [1.29, 1.82) is 0 Å². The molecule has 140 valence electrons. The minimum atomic E-state index is 0.605. The average Bonchev–Trinajstić information content (AvgIpc) is 2.64. The maximum Gasteiger partial charge on any atom is 0.229 e. The second-order valence-corrected chi connectivity index (χ2v) is 6.69. The normalized spacial score (nSPS) is 10.5. The number of hydrogen-bond donors (Lipinski definition) is 2. The van der Waals surface area contributed by atoms with Crippen molar-refractivity contribution < 1.29 is 4.74 Å². The van der Waals surface area contributed by atoms with E-state index < -0.39 is 0 Å². The monoisotopic (exact) mass is 362 g/mol. The summed E-state index contributed by atoms with van der Waals surface area (Å²) < 4.78 is 5.19. The zero-order chi connectivity index (χ0) is 19.2. The Balaban J connectivity index is 1.64. The van der Waals surface area contributed by atoms with Gasteiger partial charge < -0.3 is 15.4 Å². The summed E-state index contributed by atoms with van der Waals surface area (Å²) in [4.78, 5) is 9.10. The molecular weight excluding hydrogens is 336 g/mol. The summed E-state index contributed by atoms with van der Waals surface area (Å²) in [6.45, 7) is 6.94. The van der Waals surface area contributed by atoms with Crippen molar-refractivity contribution in [2.45, 2.75) is 27.2 Å². The van der Waals surface area contributed by atoms with Crippen LogP contribution < -0.4 is 15.4 Å². The van der Waals surface area contributed by atoms with E-state index >= 15 is 0 Å². The van der Waals surface area contributed by atoms with Crippen LogP contribution in [0.2, 0.25) is 0 Å². The molecule has 0 atom stereocenters. The molecule has 5 heteroatoms. The van der Waals surface area contributed by atoms with Gasteiger partial charge in [-0.05, 0) is 56.5 Å². The first-order valence-corrected chi connectivity index (χ1v) is 9.10. The second kappa shape index (κ2) is 8.54. The number of nitrogens with zero attached hydrogens (tertiary/aromatic N) is 2. The number of nitrogens with one attached hydrogen (secondary N) is 2. The van der Waals surface area contributed by atoms with E-state index in [1.165, 1.54) is 16.7 Å². The first-order chi connectivity index (χ1) is 13.0. The summed E-state index contributed by atoms with van der Waals surface area (Å²) in [6, 6.07) is 16.4. The van der Waals surface area contributed by atoms with E-state index in [-0.39, 0.29) is 0 Å². The van der Waals surface area contributed by atoms with Crippen LogP contribution >= 0.6 is 0 Å². The third-order valence-electron chi connectivity index (χ3n) is 4.36. The summed E-state index contributed by atoms with van der Waals surface area (Å²) in [5, 5.41) is 6.72. The summed E-state index contributed by atoms with van der Waals surface area (Å²) in [5.74, 6) is 2.30. The van der Waals surface area contributed by atoms with Gasteiger partial charge in [-0.15, -0.1) is 0 Å².